The van der Waals surface area contributed by atoms with Crippen LogP contribution in [0.4, 0.5) is 0 Å². The van der Waals surface area contributed by atoms with E-state index in [1.54, 1.807) is 10.5 Å². The molecule has 1 fully saturated rings. The number of hydrogen-bond acceptors (Lipinski definition) is 6. The van der Waals surface area contributed by atoms with Crippen molar-refractivity contribution in [3.8, 4) is 0 Å². The number of hydrogen-bond donors (Lipinski definition) is 2. The number of carbonyl (C=O) groups is 1. The number of piperazine rings is 1. The molecule has 0 unspecified atom stereocenters. The minimum absolute atomic E-state index is 0.0161. The van der Waals surface area contributed by atoms with Gasteiger partial charge in [-0.25, -0.2) is 0 Å². The lowest BCUT2D eigenvalue weighted by Gasteiger charge is -2.32. The third-order valence-corrected chi connectivity index (χ3v) is 4.75. The molecule has 0 aromatic carbocycles. The zero-order valence-electron chi connectivity index (χ0n) is 15.5. The van der Waals surface area contributed by atoms with Crippen molar-refractivity contribution in [2.75, 3.05) is 46.4 Å². The summed E-state index contributed by atoms with van der Waals surface area (Å²) in [6.07, 6.45) is 5.53. The first-order valence-electron chi connectivity index (χ1n) is 9.03. The van der Waals surface area contributed by atoms with Crippen LogP contribution in [0.3, 0.4) is 0 Å². The molecule has 3 heterocycles. The van der Waals surface area contributed by atoms with Gasteiger partial charge in [0.15, 0.2) is 6.29 Å². The van der Waals surface area contributed by atoms with E-state index in [0.29, 0.717) is 17.9 Å². The van der Waals surface area contributed by atoms with Gasteiger partial charge in [-0.3, -0.25) is 20.5 Å². The number of ether oxygens (including phenoxy) is 1. The second-order valence-electron chi connectivity index (χ2n) is 6.67. The van der Waals surface area contributed by atoms with Gasteiger partial charge in [0.2, 0.25) is 5.90 Å². The Kier molecular flexibility index (Phi) is 6.16. The number of nitrogens with zero attached hydrogens (tertiary/aromatic N) is 3. The Morgan fingerprint density at radius 3 is 2.70 bits per heavy atom. The maximum absolute atomic E-state index is 11.3. The van der Waals surface area contributed by atoms with Crippen molar-refractivity contribution in [2.24, 2.45) is 0 Å². The molecule has 1 aliphatic rings. The van der Waals surface area contributed by atoms with E-state index in [1.807, 2.05) is 24.4 Å². The van der Waals surface area contributed by atoms with Gasteiger partial charge in [0.1, 0.15) is 6.61 Å². The third kappa shape index (κ3) is 4.69. The molecule has 0 atom stereocenters. The fraction of sp³-hybridized carbons (Fsp3) is 0.350. The fourth-order valence-electron chi connectivity index (χ4n) is 3.16. The number of allylic oxidation sites excluding steroid dienone is 1. The lowest BCUT2D eigenvalue weighted by Crippen LogP contribution is -2.45. The van der Waals surface area contributed by atoms with E-state index in [4.69, 9.17) is 15.6 Å². The van der Waals surface area contributed by atoms with Crippen LogP contribution in [0.1, 0.15) is 16.1 Å². The highest BCUT2D eigenvalue weighted by Crippen LogP contribution is 2.16. The van der Waals surface area contributed by atoms with Gasteiger partial charge in [0.05, 0.1) is 11.4 Å². The predicted octanol–water partition coefficient (Wildman–Crippen LogP) is 1.92. The van der Waals surface area contributed by atoms with Crippen LogP contribution in [-0.2, 0) is 4.74 Å². The Morgan fingerprint density at radius 1 is 1.19 bits per heavy atom. The molecule has 0 spiro atoms. The zero-order chi connectivity index (χ0) is 19.2. The molecule has 0 saturated carbocycles. The van der Waals surface area contributed by atoms with Crippen LogP contribution in [-0.4, -0.2) is 78.5 Å². The number of nitrogens with one attached hydrogen (secondary N) is 2. The Balaban J connectivity index is 1.55. The van der Waals surface area contributed by atoms with Gasteiger partial charge in [-0.2, -0.15) is 0 Å². The molecule has 0 aliphatic carbocycles. The Bertz CT molecular complexity index is 862. The molecular weight excluding hydrogens is 342 g/mol. The standard InChI is InChI=1S/C20H25N5O2/c1-23-8-10-24(11-9-23)12-13-27-19(22)6-5-18(21)20-16(15-26)14-17-4-2-3-7-25(17)20/h2-7,14-15,21-22H,8-13H2,1H3/b6-5-,21-18?,22-19?. The molecule has 2 aromatic heterocycles. The molecule has 0 bridgehead atoms. The van der Waals surface area contributed by atoms with Crippen LogP contribution >= 0.6 is 0 Å². The second-order valence-corrected chi connectivity index (χ2v) is 6.67. The van der Waals surface area contributed by atoms with E-state index in [2.05, 4.69) is 16.8 Å². The number of pyridine rings is 1. The molecule has 27 heavy (non-hydrogen) atoms. The first kappa shape index (κ1) is 19.0. The van der Waals surface area contributed by atoms with E-state index in [9.17, 15) is 4.79 Å². The van der Waals surface area contributed by atoms with Crippen molar-refractivity contribution in [2.45, 2.75) is 0 Å². The average Bonchev–Trinajstić information content (AvgIpc) is 3.06. The lowest BCUT2D eigenvalue weighted by molar-refractivity contribution is 0.112. The molecule has 142 valence electrons. The Labute approximate surface area is 158 Å². The minimum atomic E-state index is 0.0161. The summed E-state index contributed by atoms with van der Waals surface area (Å²) >= 11 is 0. The van der Waals surface area contributed by atoms with E-state index in [0.717, 1.165) is 44.5 Å². The Hall–Kier alpha value is -2.77. The number of aldehydes is 1. The first-order valence-corrected chi connectivity index (χ1v) is 9.03. The van der Waals surface area contributed by atoms with Gasteiger partial charge >= 0.3 is 0 Å². The van der Waals surface area contributed by atoms with Gasteiger partial charge in [-0.1, -0.05) is 6.07 Å². The molecule has 7 nitrogen and oxygen atoms in total. The molecule has 1 saturated heterocycles. The van der Waals surface area contributed by atoms with Crippen LogP contribution in [0, 0.1) is 10.8 Å². The quantitative estimate of drug-likeness (QED) is 0.445. The van der Waals surface area contributed by atoms with E-state index in [-0.39, 0.29) is 11.6 Å². The van der Waals surface area contributed by atoms with Crippen LogP contribution in [0.5, 0.6) is 0 Å². The first-order chi connectivity index (χ1) is 13.1. The van der Waals surface area contributed by atoms with Crippen LogP contribution in [0.2, 0.25) is 0 Å². The maximum Gasteiger partial charge on any atom is 0.205 e. The lowest BCUT2D eigenvalue weighted by atomic mass is 10.1. The highest BCUT2D eigenvalue weighted by atomic mass is 16.5. The Morgan fingerprint density at radius 2 is 1.96 bits per heavy atom. The summed E-state index contributed by atoms with van der Waals surface area (Å²) in [4.78, 5) is 16.0. The molecule has 2 N–H and O–H groups in total. The number of fused-ring (bicyclic) bond motifs is 1. The average molecular weight is 367 g/mol. The fourth-order valence-corrected chi connectivity index (χ4v) is 3.16. The van der Waals surface area contributed by atoms with Gasteiger partial charge in [0.25, 0.3) is 0 Å². The molecule has 3 rings (SSSR count). The van der Waals surface area contributed by atoms with E-state index in [1.165, 1.54) is 12.2 Å². The molecule has 7 heteroatoms. The molecule has 1 aliphatic heterocycles. The summed E-state index contributed by atoms with van der Waals surface area (Å²) in [5.74, 6) is 0.0161. The monoisotopic (exact) mass is 367 g/mol. The van der Waals surface area contributed by atoms with Gasteiger partial charge in [-0.15, -0.1) is 0 Å². The van der Waals surface area contributed by atoms with Crippen molar-refractivity contribution >= 4 is 23.4 Å². The summed E-state index contributed by atoms with van der Waals surface area (Å²) in [5, 5.41) is 16.2. The van der Waals surface area contributed by atoms with Crippen molar-refractivity contribution in [3.05, 3.63) is 53.9 Å². The third-order valence-electron chi connectivity index (χ3n) is 4.75. The van der Waals surface area contributed by atoms with Crippen molar-refractivity contribution < 1.29 is 9.53 Å². The van der Waals surface area contributed by atoms with Crippen LogP contribution < -0.4 is 0 Å². The normalized spacial score (nSPS) is 16.0. The van der Waals surface area contributed by atoms with Crippen molar-refractivity contribution in [3.63, 3.8) is 0 Å². The summed E-state index contributed by atoms with van der Waals surface area (Å²) in [7, 11) is 2.12. The molecule has 0 radical (unpaired) electrons. The van der Waals surface area contributed by atoms with E-state index < -0.39 is 0 Å². The largest absolute Gasteiger partial charge is 0.477 e. The highest BCUT2D eigenvalue weighted by Gasteiger charge is 2.14. The summed E-state index contributed by atoms with van der Waals surface area (Å²) in [5.41, 5.74) is 1.99. The smallest absolute Gasteiger partial charge is 0.205 e. The summed E-state index contributed by atoms with van der Waals surface area (Å²) < 4.78 is 7.25. The minimum Gasteiger partial charge on any atom is -0.477 e. The van der Waals surface area contributed by atoms with Gasteiger partial charge < -0.3 is 14.0 Å². The molecular formula is C20H25N5O2. The van der Waals surface area contributed by atoms with Gasteiger partial charge in [0, 0.05) is 56.1 Å². The number of aromatic nitrogens is 1. The number of likely N-dealkylation sites (N-methyl/N-ethyl adjacent to an activating group) is 1. The number of carbonyl (C=O) groups excluding carboxylic acids is 1. The summed E-state index contributed by atoms with van der Waals surface area (Å²) in [6, 6.07) is 7.38. The topological polar surface area (TPSA) is 84.9 Å². The number of rotatable bonds is 7. The molecule has 2 aromatic rings. The van der Waals surface area contributed by atoms with Crippen molar-refractivity contribution in [1.29, 1.82) is 10.8 Å². The van der Waals surface area contributed by atoms with Crippen LogP contribution in [0.25, 0.3) is 5.52 Å². The SMILES string of the molecule is CN1CCN(CCOC(=N)/C=C\C(=N)c2c(C=O)cc3ccccn23)CC1. The summed E-state index contributed by atoms with van der Waals surface area (Å²) in [6.45, 7) is 5.39. The second kappa shape index (κ2) is 8.75. The van der Waals surface area contributed by atoms with Gasteiger partial charge in [-0.05, 0) is 31.3 Å². The van der Waals surface area contributed by atoms with E-state index >= 15 is 0 Å². The highest BCUT2D eigenvalue weighted by molar-refractivity contribution is 6.12. The molecule has 0 amide bonds. The van der Waals surface area contributed by atoms with Crippen LogP contribution in [0.15, 0.2) is 42.6 Å². The predicted molar refractivity (Wildman–Crippen MR) is 106 cm³/mol. The maximum atomic E-state index is 11.3. The zero-order valence-corrected chi connectivity index (χ0v) is 15.5. The van der Waals surface area contributed by atoms with Crippen molar-refractivity contribution in [1.82, 2.24) is 14.2 Å².